The van der Waals surface area contributed by atoms with Gasteiger partial charge in [0.1, 0.15) is 17.0 Å². The fourth-order valence-electron chi connectivity index (χ4n) is 3.72. The second-order valence-electron chi connectivity index (χ2n) is 14.9. The van der Waals surface area contributed by atoms with Gasteiger partial charge in [-0.1, -0.05) is 51.1 Å². The van der Waals surface area contributed by atoms with Gasteiger partial charge in [0.15, 0.2) is 0 Å². The summed E-state index contributed by atoms with van der Waals surface area (Å²) in [4.78, 5) is 37.3. The van der Waals surface area contributed by atoms with E-state index in [0.29, 0.717) is 56.9 Å². The quantitative estimate of drug-likeness (QED) is 0.306. The molecule has 0 saturated carbocycles. The Morgan fingerprint density at radius 1 is 0.580 bits per heavy atom. The Kier molecular flexibility index (Phi) is 63.1. The average Bonchev–Trinajstić information content (AvgIpc) is 3.28. The number of ketones is 1. The third-order valence-electron chi connectivity index (χ3n) is 6.95. The van der Waals surface area contributed by atoms with Crippen LogP contribution in [-0.2, 0) is 268 Å². The Labute approximate surface area is 505 Å². The van der Waals surface area contributed by atoms with Crippen LogP contribution in [0, 0.1) is 11.8 Å². The fraction of sp³-hybridized carbons (Fsp3) is 0.903. The van der Waals surface area contributed by atoms with Gasteiger partial charge in [0.05, 0.1) is 24.1 Å². The van der Waals surface area contributed by atoms with Crippen LogP contribution < -0.4 is 5.73 Å². The number of halogens is 1. The van der Waals surface area contributed by atoms with Gasteiger partial charge in [-0.15, -0.1) is 0 Å². The molecule has 2 aliphatic rings. The first-order valence-corrected chi connectivity index (χ1v) is 53.5. The van der Waals surface area contributed by atoms with Gasteiger partial charge in [-0.05, 0) is 73.1 Å². The molecule has 1 unspecified atom stereocenters. The molecule has 2 aliphatic heterocycles. The molecule has 10 nitrogen and oxygen atoms in total. The van der Waals surface area contributed by atoms with E-state index in [1.807, 2.05) is 55.4 Å². The molecule has 2 amide bonds. The topological polar surface area (TPSA) is 132 Å². The maximum atomic E-state index is 11.9. The second-order valence-corrected chi connectivity index (χ2v) is 56.2. The number of nitrogens with zero attached hydrogens (tertiary/aromatic N) is 2. The minimum atomic E-state index is -0.437. The van der Waals surface area contributed by atoms with Crippen molar-refractivity contribution >= 4 is 283 Å². The number of hydrogen-bond acceptors (Lipinski definition) is 12. The monoisotopic (exact) mass is 1530 g/mol. The van der Waals surface area contributed by atoms with Crippen molar-refractivity contribution in [3.05, 3.63) is 0 Å². The number of ether oxygens (including phenoxy) is 3. The van der Waals surface area contributed by atoms with Gasteiger partial charge in [0, 0.05) is 287 Å². The molecule has 0 spiro atoms. The van der Waals surface area contributed by atoms with E-state index in [2.05, 4.69) is 29.8 Å². The first-order chi connectivity index (χ1) is 32.1. The van der Waals surface area contributed by atoms with E-state index in [4.69, 9.17) is 64.7 Å². The molecule has 412 valence electrons. The van der Waals surface area contributed by atoms with Crippen molar-refractivity contribution in [3.8, 4) is 0 Å². The lowest BCUT2D eigenvalue weighted by Crippen LogP contribution is -2.44. The largest absolute Gasteiger partial charge is 0.444 e. The SMILES string of the molecule is C.CC(C)(C)OC(=O)N1CCC(O)CC1.CC(C)C(=O)CBr.CC(C)C(N)COC1CCN(C(=O)OC(C)(C)C)CC1.S=S=S=S=S=S=S=S=S=S=S=S=S.S=S=S=S=S=S=S=S=S=S=S=S=S=S. The summed E-state index contributed by atoms with van der Waals surface area (Å²) in [6, 6.07) is 0.0823. The molecule has 0 aromatic carbocycles. The third kappa shape index (κ3) is 58.5. The number of hydrogen-bond donors (Lipinski definition) is 2. The standard InChI is InChI=1S/C15H30N2O3.C10H19NO3.C5H9BrO.CH4.S14.S13/c1-11(2)13(16)10-19-12-6-8-17(9-7-12)14(18)20-15(3,4)5;1-10(2,3)14-9(13)11-6-4-8(12)5-7-11;1-4(2)5(7)3-6;;1-3-5-7-9-11-13-14-12-10-8-6-4-2;1-3-5-7-9-11-13-12-10-8-6-4-2/h11-13H,6-10,16H2,1-5H3;8,12H,4-7H2,1-3H3;4H,3H2,1-2H3;1H4;;. The van der Waals surface area contributed by atoms with Crippen LogP contribution >= 0.6 is 15.9 Å². The molecular formula is C31H62BrN3O7S27. The average molecular weight is 1530 g/mol. The lowest BCUT2D eigenvalue weighted by molar-refractivity contribution is -0.119. The van der Waals surface area contributed by atoms with Crippen molar-refractivity contribution in [2.24, 2.45) is 17.6 Å². The van der Waals surface area contributed by atoms with Crippen molar-refractivity contribution in [1.29, 1.82) is 0 Å². The second kappa shape index (κ2) is 54.5. The Bertz CT molecular complexity index is 2480. The molecule has 0 aliphatic carbocycles. The normalized spacial score (nSPS) is 13.3. The van der Waals surface area contributed by atoms with Crippen LogP contribution in [0.4, 0.5) is 9.59 Å². The van der Waals surface area contributed by atoms with E-state index in [9.17, 15) is 19.5 Å². The van der Waals surface area contributed by atoms with Crippen molar-refractivity contribution in [2.75, 3.05) is 38.1 Å². The summed E-state index contributed by atoms with van der Waals surface area (Å²) in [7, 11) is 38.0. The first kappa shape index (κ1) is 80.0. The molecule has 0 bridgehead atoms. The molecule has 2 heterocycles. The number of amides is 2. The zero-order valence-corrected chi connectivity index (χ0v) is 61.9. The van der Waals surface area contributed by atoms with Gasteiger partial charge in [0.25, 0.3) is 0 Å². The summed E-state index contributed by atoms with van der Waals surface area (Å²) >= 11 is 21.9. The Balaban J connectivity index is -0.000000393. The highest BCUT2D eigenvalue weighted by Gasteiger charge is 2.28. The maximum Gasteiger partial charge on any atom is 0.410 e. The summed E-state index contributed by atoms with van der Waals surface area (Å²) in [5.41, 5.74) is 5.10. The predicted octanol–water partition coefficient (Wildman–Crippen LogP) is 5.94. The molecule has 2 fully saturated rings. The minimum absolute atomic E-state index is 0. The lowest BCUT2D eigenvalue weighted by Gasteiger charge is -2.33. The number of nitrogens with two attached hydrogens (primary N) is 1. The van der Waals surface area contributed by atoms with Crippen LogP contribution in [0.15, 0.2) is 0 Å². The van der Waals surface area contributed by atoms with Crippen LogP contribution in [0.2, 0.25) is 0 Å². The maximum absolute atomic E-state index is 11.9. The molecule has 0 aromatic heterocycles. The highest BCUT2D eigenvalue weighted by Crippen LogP contribution is 2.18. The van der Waals surface area contributed by atoms with Crippen LogP contribution in [0.1, 0.15) is 102 Å². The molecule has 2 saturated heterocycles. The van der Waals surface area contributed by atoms with E-state index in [-0.39, 0.29) is 49.6 Å². The van der Waals surface area contributed by atoms with Gasteiger partial charge in [0.2, 0.25) is 0 Å². The number of alkyl halides is 1. The zero-order valence-electron chi connectivity index (χ0n) is 38.2. The molecule has 38 heteroatoms. The summed E-state index contributed by atoms with van der Waals surface area (Å²) in [6.07, 6.45) is 2.46. The minimum Gasteiger partial charge on any atom is -0.444 e. The van der Waals surface area contributed by atoms with Crippen LogP contribution in [0.25, 0.3) is 0 Å². The highest BCUT2D eigenvalue weighted by molar-refractivity contribution is 9.09. The van der Waals surface area contributed by atoms with E-state index >= 15 is 0 Å². The summed E-state index contributed by atoms with van der Waals surface area (Å²) in [6.45, 7) is 22.3. The number of Topliss-reactive ketones (excluding diaryl/α,β-unsaturated/α-hetero) is 1. The van der Waals surface area contributed by atoms with Gasteiger partial charge in [-0.2, -0.15) is 0 Å². The first-order valence-electron chi connectivity index (χ1n) is 19.0. The Hall–Kier alpha value is 4.51. The number of carbonyl (C=O) groups excluding carboxylic acids is 3. The fourth-order valence-corrected chi connectivity index (χ4v) is 56.5. The summed E-state index contributed by atoms with van der Waals surface area (Å²) in [5, 5.41) is 9.75. The van der Waals surface area contributed by atoms with Gasteiger partial charge < -0.3 is 34.9 Å². The molecule has 0 aromatic rings. The van der Waals surface area contributed by atoms with Crippen LogP contribution in [0.3, 0.4) is 0 Å². The number of likely N-dealkylation sites (tertiary alicyclic amines) is 2. The van der Waals surface area contributed by atoms with E-state index in [0.717, 1.165) is 12.8 Å². The van der Waals surface area contributed by atoms with Crippen molar-refractivity contribution in [3.63, 3.8) is 0 Å². The molecule has 3 N–H and O–H groups in total. The number of aliphatic hydroxyl groups is 1. The smallest absolute Gasteiger partial charge is 0.410 e. The van der Waals surface area contributed by atoms with Crippen molar-refractivity contribution in [1.82, 2.24) is 9.80 Å². The molecule has 0 radical (unpaired) electrons. The van der Waals surface area contributed by atoms with Crippen molar-refractivity contribution in [2.45, 2.75) is 132 Å². The number of rotatable bonds is 6. The van der Waals surface area contributed by atoms with E-state index in [1.165, 1.54) is 35.5 Å². The summed E-state index contributed by atoms with van der Waals surface area (Å²) < 4.78 is 16.4. The van der Waals surface area contributed by atoms with Crippen LogP contribution in [0.5, 0.6) is 0 Å². The Morgan fingerprint density at radius 2 is 0.855 bits per heavy atom. The van der Waals surface area contributed by atoms with Crippen molar-refractivity contribution < 1.29 is 33.7 Å². The Morgan fingerprint density at radius 3 is 1.07 bits per heavy atom. The number of piperidine rings is 2. The predicted molar refractivity (Wildman–Crippen MR) is 372 cm³/mol. The molecule has 1 atom stereocenters. The zero-order chi connectivity index (χ0) is 52.2. The molecule has 69 heavy (non-hydrogen) atoms. The number of aliphatic hydroxyl groups excluding tert-OH is 1. The van der Waals surface area contributed by atoms with Gasteiger partial charge in [-0.3, -0.25) is 4.79 Å². The molecule has 2 rings (SSSR count). The van der Waals surface area contributed by atoms with E-state index in [1.54, 1.807) is 179 Å². The van der Waals surface area contributed by atoms with E-state index < -0.39 is 11.2 Å². The lowest BCUT2D eigenvalue weighted by atomic mass is 10.1. The van der Waals surface area contributed by atoms with Gasteiger partial charge >= 0.3 is 12.2 Å². The van der Waals surface area contributed by atoms with Crippen LogP contribution in [-0.4, -0.2) is 100 Å². The summed E-state index contributed by atoms with van der Waals surface area (Å²) in [5.74, 6) is 0.872. The van der Waals surface area contributed by atoms with Gasteiger partial charge in [-0.25, -0.2) is 9.59 Å². The highest BCUT2D eigenvalue weighted by atomic mass is 79.9. The molecular weight excluding hydrogens is 1470 g/mol. The number of carbonyl (C=O) groups is 3. The third-order valence-corrected chi connectivity index (χ3v) is 54.2.